The third-order valence-corrected chi connectivity index (χ3v) is 4.17. The Morgan fingerprint density at radius 2 is 1.95 bits per heavy atom. The van der Waals surface area contributed by atoms with E-state index in [1.54, 1.807) is 0 Å². The number of hydrogen-bond acceptors (Lipinski definition) is 4. The smallest absolute Gasteiger partial charge is 0.242 e. The van der Waals surface area contributed by atoms with Crippen LogP contribution >= 0.6 is 0 Å². The molecule has 2 fully saturated rings. The molecule has 5 nitrogen and oxygen atoms in total. The van der Waals surface area contributed by atoms with Crippen LogP contribution in [0.3, 0.4) is 0 Å². The first kappa shape index (κ1) is 14.8. The third-order valence-electron chi connectivity index (χ3n) is 4.17. The fraction of sp³-hybridized carbons (Fsp3) is 0.929. The molecule has 19 heavy (non-hydrogen) atoms. The van der Waals surface area contributed by atoms with Crippen LogP contribution in [0.1, 0.15) is 27.2 Å². The second-order valence-electron chi connectivity index (χ2n) is 6.08. The number of nitrogens with one attached hydrogen (secondary N) is 1. The lowest BCUT2D eigenvalue weighted by Crippen LogP contribution is -2.61. The van der Waals surface area contributed by atoms with E-state index < -0.39 is 5.54 Å². The van der Waals surface area contributed by atoms with Crippen LogP contribution in [0.15, 0.2) is 0 Å². The van der Waals surface area contributed by atoms with Crippen molar-refractivity contribution in [3.63, 3.8) is 0 Å². The summed E-state index contributed by atoms with van der Waals surface area (Å²) in [5, 5.41) is 3.34. The average Bonchev–Trinajstić information content (AvgIpc) is 2.63. The zero-order chi connectivity index (χ0) is 13.9. The summed E-state index contributed by atoms with van der Waals surface area (Å²) in [6.07, 6.45) is 1.08. The molecule has 0 bridgehead atoms. The van der Waals surface area contributed by atoms with E-state index in [4.69, 9.17) is 4.74 Å². The lowest BCUT2D eigenvalue weighted by Gasteiger charge is -2.42. The van der Waals surface area contributed by atoms with Gasteiger partial charge in [0.1, 0.15) is 0 Å². The van der Waals surface area contributed by atoms with Crippen LogP contribution < -0.4 is 5.32 Å². The van der Waals surface area contributed by atoms with Gasteiger partial charge < -0.3 is 15.0 Å². The Hall–Kier alpha value is -0.650. The minimum Gasteiger partial charge on any atom is -0.377 e. The summed E-state index contributed by atoms with van der Waals surface area (Å²) >= 11 is 0. The van der Waals surface area contributed by atoms with Crippen molar-refractivity contribution >= 4 is 5.91 Å². The molecular weight excluding hydrogens is 242 g/mol. The van der Waals surface area contributed by atoms with Gasteiger partial charge in [-0.15, -0.1) is 0 Å². The number of nitrogens with zero attached hydrogens (tertiary/aromatic N) is 2. The summed E-state index contributed by atoms with van der Waals surface area (Å²) in [6, 6.07) is 0. The summed E-state index contributed by atoms with van der Waals surface area (Å²) in [5.41, 5.74) is -0.411. The summed E-state index contributed by atoms with van der Waals surface area (Å²) in [7, 11) is 0. The molecular formula is C14H27N3O2. The molecule has 5 heteroatoms. The molecule has 0 saturated carbocycles. The van der Waals surface area contributed by atoms with Gasteiger partial charge >= 0.3 is 0 Å². The molecule has 2 rings (SSSR count). The van der Waals surface area contributed by atoms with Crippen LogP contribution in [-0.4, -0.2) is 73.2 Å². The van der Waals surface area contributed by atoms with E-state index in [-0.39, 0.29) is 12.0 Å². The number of carbonyl (C=O) groups excluding carboxylic acids is 1. The van der Waals surface area contributed by atoms with Gasteiger partial charge in [-0.1, -0.05) is 0 Å². The maximum absolute atomic E-state index is 12.8. The molecule has 1 N–H and O–H groups in total. The Morgan fingerprint density at radius 1 is 1.26 bits per heavy atom. The van der Waals surface area contributed by atoms with Crippen molar-refractivity contribution in [2.75, 3.05) is 45.9 Å². The quantitative estimate of drug-likeness (QED) is 0.783. The Bertz CT molecular complexity index is 314. The van der Waals surface area contributed by atoms with E-state index in [2.05, 4.69) is 24.1 Å². The number of rotatable bonds is 2. The molecule has 0 radical (unpaired) electrons. The molecule has 0 spiro atoms. The summed E-state index contributed by atoms with van der Waals surface area (Å²) in [4.78, 5) is 17.1. The molecule has 0 aromatic rings. The Morgan fingerprint density at radius 3 is 2.63 bits per heavy atom. The van der Waals surface area contributed by atoms with Crippen molar-refractivity contribution in [1.29, 1.82) is 0 Å². The highest BCUT2D eigenvalue weighted by Gasteiger charge is 2.38. The van der Waals surface area contributed by atoms with Crippen molar-refractivity contribution in [1.82, 2.24) is 15.1 Å². The molecule has 2 aliphatic heterocycles. The maximum Gasteiger partial charge on any atom is 0.242 e. The molecule has 2 aliphatic rings. The maximum atomic E-state index is 12.8. The fourth-order valence-electron chi connectivity index (χ4n) is 2.92. The van der Waals surface area contributed by atoms with Gasteiger partial charge in [-0.25, -0.2) is 0 Å². The zero-order valence-corrected chi connectivity index (χ0v) is 12.4. The minimum atomic E-state index is -0.411. The largest absolute Gasteiger partial charge is 0.377 e. The molecule has 0 aromatic carbocycles. The number of amides is 1. The molecule has 1 amide bonds. The SMILES string of the molecule is CC1CN(C(=O)C(C)(C)N2CCNCC2)CCCO1. The van der Waals surface area contributed by atoms with Gasteiger partial charge in [0.2, 0.25) is 5.91 Å². The van der Waals surface area contributed by atoms with Crippen LogP contribution in [-0.2, 0) is 9.53 Å². The van der Waals surface area contributed by atoms with Gasteiger partial charge in [-0.2, -0.15) is 0 Å². The van der Waals surface area contributed by atoms with Crippen molar-refractivity contribution in [2.45, 2.75) is 38.8 Å². The van der Waals surface area contributed by atoms with Crippen LogP contribution in [0.25, 0.3) is 0 Å². The summed E-state index contributed by atoms with van der Waals surface area (Å²) in [5.74, 6) is 0.242. The fourth-order valence-corrected chi connectivity index (χ4v) is 2.92. The second kappa shape index (κ2) is 6.20. The molecule has 2 saturated heterocycles. The molecule has 1 atom stereocenters. The van der Waals surface area contributed by atoms with E-state index >= 15 is 0 Å². The lowest BCUT2D eigenvalue weighted by molar-refractivity contribution is -0.143. The third kappa shape index (κ3) is 3.46. The first-order valence-electron chi connectivity index (χ1n) is 7.38. The van der Waals surface area contributed by atoms with E-state index in [0.29, 0.717) is 6.54 Å². The van der Waals surface area contributed by atoms with Gasteiger partial charge in [0.15, 0.2) is 0 Å². The van der Waals surface area contributed by atoms with Gasteiger partial charge in [0.25, 0.3) is 0 Å². The Kier molecular flexibility index (Phi) is 4.81. The first-order chi connectivity index (χ1) is 9.01. The highest BCUT2D eigenvalue weighted by molar-refractivity contribution is 5.85. The Balaban J connectivity index is 2.03. The lowest BCUT2D eigenvalue weighted by atomic mass is 9.99. The van der Waals surface area contributed by atoms with Crippen molar-refractivity contribution in [3.05, 3.63) is 0 Å². The van der Waals surface area contributed by atoms with E-state index in [1.807, 2.05) is 11.8 Å². The number of ether oxygens (including phenoxy) is 1. The molecule has 0 aromatic heterocycles. The van der Waals surface area contributed by atoms with Gasteiger partial charge in [-0.05, 0) is 27.2 Å². The van der Waals surface area contributed by atoms with Gasteiger partial charge in [-0.3, -0.25) is 9.69 Å². The summed E-state index contributed by atoms with van der Waals surface area (Å²) in [6.45, 7) is 12.3. The van der Waals surface area contributed by atoms with E-state index in [0.717, 1.165) is 45.8 Å². The molecule has 110 valence electrons. The monoisotopic (exact) mass is 269 g/mol. The van der Waals surface area contributed by atoms with Crippen LogP contribution in [0.4, 0.5) is 0 Å². The molecule has 2 heterocycles. The van der Waals surface area contributed by atoms with Gasteiger partial charge in [0.05, 0.1) is 11.6 Å². The minimum absolute atomic E-state index is 0.144. The normalized spacial score (nSPS) is 27.1. The van der Waals surface area contributed by atoms with Crippen LogP contribution in [0, 0.1) is 0 Å². The molecule has 0 aliphatic carbocycles. The molecule has 1 unspecified atom stereocenters. The van der Waals surface area contributed by atoms with E-state index in [1.165, 1.54) is 0 Å². The van der Waals surface area contributed by atoms with Crippen LogP contribution in [0.2, 0.25) is 0 Å². The first-order valence-corrected chi connectivity index (χ1v) is 7.38. The summed E-state index contributed by atoms with van der Waals surface area (Å²) < 4.78 is 5.62. The standard InChI is InChI=1S/C14H27N3O2/c1-12-11-16(7-4-10-19-12)13(18)14(2,3)17-8-5-15-6-9-17/h12,15H,4-11H2,1-3H3. The number of hydrogen-bond donors (Lipinski definition) is 1. The zero-order valence-electron chi connectivity index (χ0n) is 12.4. The van der Waals surface area contributed by atoms with Gasteiger partial charge in [0, 0.05) is 45.9 Å². The number of carbonyl (C=O) groups is 1. The highest BCUT2D eigenvalue weighted by atomic mass is 16.5. The topological polar surface area (TPSA) is 44.8 Å². The van der Waals surface area contributed by atoms with Crippen molar-refractivity contribution in [2.24, 2.45) is 0 Å². The average molecular weight is 269 g/mol. The van der Waals surface area contributed by atoms with Crippen molar-refractivity contribution < 1.29 is 9.53 Å². The second-order valence-corrected chi connectivity index (χ2v) is 6.08. The van der Waals surface area contributed by atoms with Crippen molar-refractivity contribution in [3.8, 4) is 0 Å². The predicted octanol–water partition coefficient (Wildman–Crippen LogP) is 0.308. The Labute approximate surface area is 116 Å². The number of piperazine rings is 1. The van der Waals surface area contributed by atoms with E-state index in [9.17, 15) is 4.79 Å². The highest BCUT2D eigenvalue weighted by Crippen LogP contribution is 2.20. The predicted molar refractivity (Wildman–Crippen MR) is 75.1 cm³/mol. The van der Waals surface area contributed by atoms with Crippen LogP contribution in [0.5, 0.6) is 0 Å².